The van der Waals surface area contributed by atoms with Crippen LogP contribution in [0.3, 0.4) is 0 Å². The van der Waals surface area contributed by atoms with E-state index in [1.165, 1.54) is 12.0 Å². The minimum absolute atomic E-state index is 0.0907. The van der Waals surface area contributed by atoms with Gasteiger partial charge >= 0.3 is 0 Å². The summed E-state index contributed by atoms with van der Waals surface area (Å²) in [6, 6.07) is 7.11. The molecule has 5 rings (SSSR count). The van der Waals surface area contributed by atoms with E-state index in [0.717, 1.165) is 19.3 Å². The second-order valence-electron chi connectivity index (χ2n) is 12.2. The number of fused-ring (bicyclic) bond motifs is 1. The van der Waals surface area contributed by atoms with Crippen LogP contribution in [0.1, 0.15) is 57.9 Å². The fourth-order valence-corrected chi connectivity index (χ4v) is 6.78. The monoisotopic (exact) mass is 522 g/mol. The normalized spacial score (nSPS) is 33.8. The van der Waals surface area contributed by atoms with Crippen LogP contribution in [0.4, 0.5) is 5.69 Å². The second kappa shape index (κ2) is 10.5. The Hall–Kier alpha value is -2.71. The Bertz CT molecular complexity index is 1100. The molecular formula is C30H42N4O4. The predicted molar refractivity (Wildman–Crippen MR) is 147 cm³/mol. The highest BCUT2D eigenvalue weighted by molar-refractivity contribution is 6.02. The topological polar surface area (TPSA) is 91.0 Å². The van der Waals surface area contributed by atoms with Crippen molar-refractivity contribution in [2.45, 2.75) is 76.2 Å². The molecule has 2 bridgehead atoms. The largest absolute Gasteiger partial charge is 0.359 e. The van der Waals surface area contributed by atoms with E-state index in [4.69, 9.17) is 4.74 Å². The number of anilines is 1. The number of hydrogen-bond acceptors (Lipinski definition) is 5. The first-order valence-electron chi connectivity index (χ1n) is 14.2. The summed E-state index contributed by atoms with van der Waals surface area (Å²) in [6.07, 6.45) is 7.53. The van der Waals surface area contributed by atoms with Crippen molar-refractivity contribution in [2.24, 2.45) is 17.8 Å². The van der Waals surface area contributed by atoms with E-state index in [9.17, 15) is 14.4 Å². The van der Waals surface area contributed by atoms with Crippen molar-refractivity contribution in [1.82, 2.24) is 15.1 Å². The van der Waals surface area contributed by atoms with Gasteiger partial charge in [0.1, 0.15) is 11.6 Å². The lowest BCUT2D eigenvalue weighted by Gasteiger charge is -2.36. The molecular weight excluding hydrogens is 480 g/mol. The Morgan fingerprint density at radius 2 is 1.84 bits per heavy atom. The van der Waals surface area contributed by atoms with Gasteiger partial charge in [0.2, 0.25) is 17.7 Å². The van der Waals surface area contributed by atoms with Crippen molar-refractivity contribution in [3.63, 3.8) is 0 Å². The van der Waals surface area contributed by atoms with E-state index in [1.807, 2.05) is 55.4 Å². The Labute approximate surface area is 226 Å². The standard InChI is InChI=1S/C30H42N4O4/c1-18(2)20-10-12-21(13-11-20)31-27(35)24-23-14-15-30(38-23)25(24)29(37)34(17-16-33(4)5)26(30)28(36)32-22-9-7-6-8-19(22)3/h10-15,18-19,22-26H,6-9,16-17H2,1-5H3,(H,31,35)(H,32,36)/t19-,22-,23+,24-,25+,26+,30+/m1/s1. The molecule has 0 aromatic heterocycles. The summed E-state index contributed by atoms with van der Waals surface area (Å²) in [6.45, 7) is 7.45. The fourth-order valence-electron chi connectivity index (χ4n) is 6.78. The average molecular weight is 523 g/mol. The molecule has 38 heavy (non-hydrogen) atoms. The maximum Gasteiger partial charge on any atom is 0.246 e. The van der Waals surface area contributed by atoms with Crippen molar-refractivity contribution < 1.29 is 19.1 Å². The Morgan fingerprint density at radius 1 is 1.13 bits per heavy atom. The minimum atomic E-state index is -1.13. The van der Waals surface area contributed by atoms with Gasteiger partial charge in [-0.05, 0) is 56.5 Å². The first-order chi connectivity index (χ1) is 18.1. The summed E-state index contributed by atoms with van der Waals surface area (Å²) in [5, 5.41) is 6.29. The quantitative estimate of drug-likeness (QED) is 0.512. The van der Waals surface area contributed by atoms with Crippen LogP contribution in [0.25, 0.3) is 0 Å². The zero-order chi connectivity index (χ0) is 27.2. The molecule has 7 atom stereocenters. The van der Waals surface area contributed by atoms with Crippen molar-refractivity contribution in [1.29, 1.82) is 0 Å². The van der Waals surface area contributed by atoms with Gasteiger partial charge in [0.25, 0.3) is 0 Å². The lowest BCUT2D eigenvalue weighted by molar-refractivity contribution is -0.141. The number of carbonyl (C=O) groups excluding carboxylic acids is 3. The van der Waals surface area contributed by atoms with Crippen molar-refractivity contribution in [2.75, 3.05) is 32.5 Å². The molecule has 1 spiro atoms. The van der Waals surface area contributed by atoms with Crippen LogP contribution in [0.2, 0.25) is 0 Å². The number of rotatable bonds is 8. The van der Waals surface area contributed by atoms with E-state index < -0.39 is 29.6 Å². The number of carbonyl (C=O) groups is 3. The highest BCUT2D eigenvalue weighted by Gasteiger charge is 2.72. The Balaban J connectivity index is 1.41. The first kappa shape index (κ1) is 26.9. The molecule has 2 saturated heterocycles. The number of hydrogen-bond donors (Lipinski definition) is 2. The van der Waals surface area contributed by atoms with Crippen LogP contribution in [-0.2, 0) is 19.1 Å². The molecule has 8 nitrogen and oxygen atoms in total. The Kier molecular flexibility index (Phi) is 7.40. The molecule has 1 aliphatic carbocycles. The van der Waals surface area contributed by atoms with E-state index in [-0.39, 0.29) is 23.8 Å². The van der Waals surface area contributed by atoms with Crippen molar-refractivity contribution in [3.8, 4) is 0 Å². The summed E-state index contributed by atoms with van der Waals surface area (Å²) < 4.78 is 6.45. The molecule has 1 saturated carbocycles. The van der Waals surface area contributed by atoms with Gasteiger partial charge in [-0.1, -0.05) is 57.9 Å². The summed E-state index contributed by atoms with van der Waals surface area (Å²) in [5.74, 6) is -1.22. The maximum atomic E-state index is 14.0. The summed E-state index contributed by atoms with van der Waals surface area (Å²) in [5.41, 5.74) is 0.756. The number of nitrogens with one attached hydrogen (secondary N) is 2. The SMILES string of the molecule is CC(C)c1ccc(NC(=O)[C@@H]2[C@@H]3C=C[C@]4(O3)[C@@H]2C(=O)N(CCN(C)C)[C@H]4C(=O)N[C@@H]2CCCC[C@H]2C)cc1. The van der Waals surface area contributed by atoms with Gasteiger partial charge in [0.15, 0.2) is 0 Å². The number of nitrogens with zero attached hydrogens (tertiary/aromatic N) is 2. The highest BCUT2D eigenvalue weighted by Crippen LogP contribution is 2.55. The van der Waals surface area contributed by atoms with Gasteiger partial charge in [-0.15, -0.1) is 0 Å². The molecule has 1 aromatic rings. The molecule has 3 fully saturated rings. The molecule has 3 amide bonds. The van der Waals surface area contributed by atoms with Gasteiger partial charge in [0, 0.05) is 24.8 Å². The van der Waals surface area contributed by atoms with E-state index in [0.29, 0.717) is 30.6 Å². The molecule has 8 heteroatoms. The van der Waals surface area contributed by atoms with Crippen LogP contribution in [0.5, 0.6) is 0 Å². The smallest absolute Gasteiger partial charge is 0.246 e. The second-order valence-corrected chi connectivity index (χ2v) is 12.2. The molecule has 0 unspecified atom stereocenters. The summed E-state index contributed by atoms with van der Waals surface area (Å²) in [4.78, 5) is 45.2. The summed E-state index contributed by atoms with van der Waals surface area (Å²) in [7, 11) is 3.89. The molecule has 2 N–H and O–H groups in total. The summed E-state index contributed by atoms with van der Waals surface area (Å²) >= 11 is 0. The minimum Gasteiger partial charge on any atom is -0.359 e. The molecule has 4 aliphatic rings. The van der Waals surface area contributed by atoms with Crippen LogP contribution >= 0.6 is 0 Å². The molecule has 1 aromatic carbocycles. The Morgan fingerprint density at radius 3 is 2.50 bits per heavy atom. The molecule has 206 valence electrons. The highest BCUT2D eigenvalue weighted by atomic mass is 16.5. The van der Waals surface area contributed by atoms with Crippen LogP contribution in [-0.4, -0.2) is 78.5 Å². The van der Waals surface area contributed by atoms with Crippen molar-refractivity contribution >= 4 is 23.4 Å². The zero-order valence-electron chi connectivity index (χ0n) is 23.3. The van der Waals surface area contributed by atoms with Crippen molar-refractivity contribution in [3.05, 3.63) is 42.0 Å². The lowest BCUT2D eigenvalue weighted by atomic mass is 9.74. The lowest BCUT2D eigenvalue weighted by Crippen LogP contribution is -2.58. The van der Waals surface area contributed by atoms with Crippen LogP contribution < -0.4 is 10.6 Å². The molecule has 0 radical (unpaired) electrons. The average Bonchev–Trinajstić information content (AvgIpc) is 3.51. The number of likely N-dealkylation sites (tertiary alicyclic amines) is 1. The van der Waals surface area contributed by atoms with Gasteiger partial charge in [-0.3, -0.25) is 14.4 Å². The third-order valence-corrected chi connectivity index (χ3v) is 9.00. The van der Waals surface area contributed by atoms with E-state index in [2.05, 4.69) is 31.4 Å². The van der Waals surface area contributed by atoms with E-state index >= 15 is 0 Å². The number of amides is 3. The number of benzene rings is 1. The number of likely N-dealkylation sites (N-methyl/N-ethyl adjacent to an activating group) is 1. The third kappa shape index (κ3) is 4.66. The molecule has 3 aliphatic heterocycles. The van der Waals surface area contributed by atoms with Gasteiger partial charge in [-0.25, -0.2) is 0 Å². The van der Waals surface area contributed by atoms with Gasteiger partial charge in [-0.2, -0.15) is 0 Å². The number of ether oxygens (including phenoxy) is 1. The maximum absolute atomic E-state index is 14.0. The fraction of sp³-hybridized carbons (Fsp3) is 0.633. The van der Waals surface area contributed by atoms with Crippen LogP contribution in [0.15, 0.2) is 36.4 Å². The van der Waals surface area contributed by atoms with E-state index in [1.54, 1.807) is 4.90 Å². The predicted octanol–water partition coefficient (Wildman–Crippen LogP) is 3.16. The third-order valence-electron chi connectivity index (χ3n) is 9.00. The van der Waals surface area contributed by atoms with Gasteiger partial charge in [0.05, 0.1) is 17.9 Å². The zero-order valence-corrected chi connectivity index (χ0v) is 23.3. The first-order valence-corrected chi connectivity index (χ1v) is 14.2. The molecule has 3 heterocycles. The van der Waals surface area contributed by atoms with Crippen LogP contribution in [0, 0.1) is 17.8 Å². The van der Waals surface area contributed by atoms with Gasteiger partial charge < -0.3 is 25.2 Å².